The second-order valence-corrected chi connectivity index (χ2v) is 13.4. The van der Waals surface area contributed by atoms with Gasteiger partial charge in [-0.05, 0) is 71.8 Å². The number of nitrogens with zero attached hydrogens (tertiary/aromatic N) is 5. The highest BCUT2D eigenvalue weighted by Crippen LogP contribution is 2.35. The highest BCUT2D eigenvalue weighted by Gasteiger charge is 2.30. The Hall–Kier alpha value is -3.22. The van der Waals surface area contributed by atoms with Crippen molar-refractivity contribution in [1.29, 1.82) is 5.26 Å². The van der Waals surface area contributed by atoms with Crippen molar-refractivity contribution in [1.82, 2.24) is 14.5 Å². The summed E-state index contributed by atoms with van der Waals surface area (Å²) in [5.74, 6) is -0.864. The molecule has 214 valence electrons. The average molecular weight is 546 g/mol. The number of ether oxygens (including phenoxy) is 2. The van der Waals surface area contributed by atoms with Crippen LogP contribution in [-0.4, -0.2) is 51.7 Å². The van der Waals surface area contributed by atoms with Crippen LogP contribution in [0.3, 0.4) is 0 Å². The van der Waals surface area contributed by atoms with Gasteiger partial charge in [0.25, 0.3) is 0 Å². The van der Waals surface area contributed by atoms with Crippen LogP contribution in [0, 0.1) is 34.3 Å². The molecule has 1 fully saturated rings. The molecule has 3 rings (SSSR count). The number of likely N-dealkylation sites (tertiary alicyclic amines) is 1. The number of piperidine rings is 1. The second-order valence-electron chi connectivity index (χ2n) is 13.4. The molecule has 1 aliphatic heterocycles. The summed E-state index contributed by atoms with van der Waals surface area (Å²) >= 11 is 0. The minimum atomic E-state index is -0.826. The molecule has 1 amide bonds. The van der Waals surface area contributed by atoms with Crippen LogP contribution < -0.4 is 0 Å². The average Bonchev–Trinajstić information content (AvgIpc) is 3.18. The number of aromatic nitrogens is 2. The Kier molecular flexibility index (Phi) is 8.63. The largest absolute Gasteiger partial charge is 0.480 e. The van der Waals surface area contributed by atoms with E-state index in [9.17, 15) is 14.4 Å². The van der Waals surface area contributed by atoms with E-state index in [0.717, 1.165) is 18.9 Å². The number of aliphatic imine (C=N–C) groups is 1. The highest BCUT2D eigenvalue weighted by molar-refractivity contribution is 5.84. The number of benzene rings is 1. The first-order chi connectivity index (χ1) is 17.9. The maximum absolute atomic E-state index is 15.3. The van der Waals surface area contributed by atoms with E-state index in [1.54, 1.807) is 11.0 Å². The fourth-order valence-electron chi connectivity index (χ4n) is 4.47. The molecule has 1 aliphatic rings. The van der Waals surface area contributed by atoms with E-state index in [1.807, 2.05) is 41.5 Å². The van der Waals surface area contributed by atoms with E-state index in [2.05, 4.69) is 25.8 Å². The van der Waals surface area contributed by atoms with E-state index in [1.165, 1.54) is 4.57 Å². The van der Waals surface area contributed by atoms with Gasteiger partial charge in [-0.1, -0.05) is 20.8 Å². The van der Waals surface area contributed by atoms with E-state index >= 15 is 4.39 Å². The summed E-state index contributed by atoms with van der Waals surface area (Å²) in [5, 5.41) is 9.30. The predicted octanol–water partition coefficient (Wildman–Crippen LogP) is 7.07. The molecule has 0 N–H and O–H groups in total. The minimum absolute atomic E-state index is 0.0950. The molecule has 1 saturated heterocycles. The molecular weight excluding hydrogens is 504 g/mol. The summed E-state index contributed by atoms with van der Waals surface area (Å²) in [4.78, 5) is 23.2. The van der Waals surface area contributed by atoms with E-state index < -0.39 is 22.8 Å². The number of halogens is 2. The lowest BCUT2D eigenvalue weighted by Gasteiger charge is -2.33. The summed E-state index contributed by atoms with van der Waals surface area (Å²) in [6, 6.07) is 2.58. The van der Waals surface area contributed by atoms with Crippen molar-refractivity contribution in [2.24, 2.45) is 16.3 Å². The Morgan fingerprint density at radius 3 is 2.26 bits per heavy atom. The number of carbonyl (C=O) groups is 1. The van der Waals surface area contributed by atoms with Gasteiger partial charge in [-0.3, -0.25) is 0 Å². The molecule has 0 aliphatic carbocycles. The Morgan fingerprint density at radius 2 is 1.74 bits per heavy atom. The van der Waals surface area contributed by atoms with Gasteiger partial charge in [0, 0.05) is 25.0 Å². The van der Waals surface area contributed by atoms with Crippen LogP contribution in [-0.2, 0) is 15.0 Å². The van der Waals surface area contributed by atoms with Crippen molar-refractivity contribution in [2.45, 2.75) is 92.7 Å². The summed E-state index contributed by atoms with van der Waals surface area (Å²) in [7, 11) is 0. The lowest BCUT2D eigenvalue weighted by atomic mass is 9.92. The SMILES string of the molecule is CC(C)(C)C/C(=N/c1nc2c(F)cc(C#N)c(F)c2n1C(C)(C)C)OCC1CCN(C(=O)OC(C)(C)C)CC1. The van der Waals surface area contributed by atoms with Crippen molar-refractivity contribution in [3.05, 3.63) is 23.3 Å². The Morgan fingerprint density at radius 1 is 1.13 bits per heavy atom. The third kappa shape index (κ3) is 7.68. The van der Waals surface area contributed by atoms with E-state index in [4.69, 9.17) is 14.5 Å². The van der Waals surface area contributed by atoms with Crippen LogP contribution in [0.4, 0.5) is 19.5 Å². The predicted molar refractivity (Wildman–Crippen MR) is 147 cm³/mol. The zero-order valence-electron chi connectivity index (χ0n) is 24.6. The summed E-state index contributed by atoms with van der Waals surface area (Å²) in [5.41, 5.74) is -2.09. The Labute approximate surface area is 230 Å². The standard InChI is InChI=1S/C29H41F2N5O3/c1-27(2,3)15-21(38-17-18-10-12-35(13-11-18)26(37)39-29(7,8)9)33-25-34-23-20(30)14-19(16-32)22(31)24(23)36(25)28(4,5)6/h14,18H,10-13,15,17H2,1-9H3/b33-21-. The number of nitriles is 1. The van der Waals surface area contributed by atoms with Crippen LogP contribution in [0.2, 0.25) is 0 Å². The highest BCUT2D eigenvalue weighted by atomic mass is 19.1. The fraction of sp³-hybridized carbons (Fsp3) is 0.655. The molecule has 39 heavy (non-hydrogen) atoms. The molecule has 0 atom stereocenters. The number of hydrogen-bond donors (Lipinski definition) is 0. The first-order valence-electron chi connectivity index (χ1n) is 13.4. The molecule has 10 heteroatoms. The third-order valence-corrected chi connectivity index (χ3v) is 6.25. The lowest BCUT2D eigenvalue weighted by molar-refractivity contribution is 0.0161. The van der Waals surface area contributed by atoms with Crippen molar-refractivity contribution >= 4 is 29.0 Å². The van der Waals surface area contributed by atoms with E-state index in [-0.39, 0.29) is 40.0 Å². The van der Waals surface area contributed by atoms with Gasteiger partial charge in [-0.25, -0.2) is 18.6 Å². The zero-order valence-corrected chi connectivity index (χ0v) is 24.6. The minimum Gasteiger partial charge on any atom is -0.480 e. The van der Waals surface area contributed by atoms with Gasteiger partial charge in [-0.15, -0.1) is 0 Å². The van der Waals surface area contributed by atoms with Crippen LogP contribution in [0.15, 0.2) is 11.1 Å². The molecule has 0 radical (unpaired) electrons. The maximum Gasteiger partial charge on any atom is 0.410 e. The quantitative estimate of drug-likeness (QED) is 0.303. The van der Waals surface area contributed by atoms with E-state index in [0.29, 0.717) is 32.0 Å². The van der Waals surface area contributed by atoms with Crippen molar-refractivity contribution in [3.63, 3.8) is 0 Å². The molecule has 1 aromatic heterocycles. The Bertz CT molecular complexity index is 1280. The van der Waals surface area contributed by atoms with Gasteiger partial charge in [0.2, 0.25) is 5.95 Å². The van der Waals surface area contributed by atoms with Crippen LogP contribution in [0.5, 0.6) is 0 Å². The van der Waals surface area contributed by atoms with Gasteiger partial charge in [0.15, 0.2) is 17.5 Å². The van der Waals surface area contributed by atoms with Gasteiger partial charge < -0.3 is 18.9 Å². The molecule has 0 saturated carbocycles. The molecule has 0 unspecified atom stereocenters. The molecule has 1 aromatic carbocycles. The number of rotatable bonds is 4. The first-order valence-corrected chi connectivity index (χ1v) is 13.4. The summed E-state index contributed by atoms with van der Waals surface area (Å²) < 4.78 is 43.4. The number of carbonyl (C=O) groups excluding carboxylic acids is 1. The first kappa shape index (κ1) is 30.3. The fourth-order valence-corrected chi connectivity index (χ4v) is 4.47. The molecule has 2 aromatic rings. The van der Waals surface area contributed by atoms with Gasteiger partial charge >= 0.3 is 6.09 Å². The molecule has 0 bridgehead atoms. The third-order valence-electron chi connectivity index (χ3n) is 6.25. The monoisotopic (exact) mass is 545 g/mol. The van der Waals surface area contributed by atoms with Crippen molar-refractivity contribution in [2.75, 3.05) is 19.7 Å². The topological polar surface area (TPSA) is 92.7 Å². The number of fused-ring (bicyclic) bond motifs is 1. The molecule has 8 nitrogen and oxygen atoms in total. The zero-order chi connectivity index (χ0) is 29.3. The normalized spacial score (nSPS) is 15.9. The number of imidazole rings is 1. The molecular formula is C29H41F2N5O3. The van der Waals surface area contributed by atoms with Gasteiger partial charge in [0.1, 0.15) is 22.7 Å². The van der Waals surface area contributed by atoms with Crippen LogP contribution >= 0.6 is 0 Å². The lowest BCUT2D eigenvalue weighted by Crippen LogP contribution is -2.42. The van der Waals surface area contributed by atoms with Gasteiger partial charge in [-0.2, -0.15) is 10.3 Å². The maximum atomic E-state index is 15.3. The van der Waals surface area contributed by atoms with Crippen LogP contribution in [0.1, 0.15) is 87.1 Å². The molecule has 0 spiro atoms. The number of hydrogen-bond acceptors (Lipinski definition) is 6. The summed E-state index contributed by atoms with van der Waals surface area (Å²) in [6.07, 6.45) is 1.69. The number of amides is 1. The van der Waals surface area contributed by atoms with Crippen LogP contribution in [0.25, 0.3) is 11.0 Å². The Balaban J connectivity index is 1.89. The van der Waals surface area contributed by atoms with Crippen molar-refractivity contribution in [3.8, 4) is 6.07 Å². The second kappa shape index (κ2) is 11.1. The van der Waals surface area contributed by atoms with Gasteiger partial charge in [0.05, 0.1) is 12.2 Å². The summed E-state index contributed by atoms with van der Waals surface area (Å²) in [6.45, 7) is 18.8. The molecule has 2 heterocycles. The van der Waals surface area contributed by atoms with Crippen molar-refractivity contribution < 1.29 is 23.0 Å². The smallest absolute Gasteiger partial charge is 0.410 e.